The summed E-state index contributed by atoms with van der Waals surface area (Å²) < 4.78 is 54.1. The Morgan fingerprint density at radius 3 is 2.26 bits per heavy atom. The van der Waals surface area contributed by atoms with E-state index in [2.05, 4.69) is 4.72 Å². The predicted molar refractivity (Wildman–Crippen MR) is 96.6 cm³/mol. The van der Waals surface area contributed by atoms with Crippen molar-refractivity contribution < 1.29 is 27.4 Å². The maximum atomic E-state index is 13.9. The minimum absolute atomic E-state index is 0.0739. The molecular formula is C19H15F2NO4S. The molecule has 0 unspecified atom stereocenters. The third kappa shape index (κ3) is 4.07. The minimum atomic E-state index is -4.02. The summed E-state index contributed by atoms with van der Waals surface area (Å²) in [7, 11) is -4.02. The van der Waals surface area contributed by atoms with E-state index < -0.39 is 21.7 Å². The van der Waals surface area contributed by atoms with Gasteiger partial charge >= 0.3 is 0 Å². The van der Waals surface area contributed by atoms with Crippen LogP contribution in [0.2, 0.25) is 0 Å². The largest absolute Gasteiger partial charge is 0.506 e. The van der Waals surface area contributed by atoms with E-state index in [4.69, 9.17) is 5.11 Å². The number of nitrogens with one attached hydrogen (secondary N) is 1. The summed E-state index contributed by atoms with van der Waals surface area (Å²) in [5, 5.41) is 18.9. The van der Waals surface area contributed by atoms with Gasteiger partial charge in [0, 0.05) is 11.6 Å². The first kappa shape index (κ1) is 18.8. The van der Waals surface area contributed by atoms with Crippen molar-refractivity contribution in [2.45, 2.75) is 11.5 Å². The second-order valence-corrected chi connectivity index (χ2v) is 7.45. The molecule has 0 aromatic heterocycles. The van der Waals surface area contributed by atoms with E-state index in [1.807, 2.05) is 0 Å². The van der Waals surface area contributed by atoms with E-state index in [0.717, 1.165) is 12.1 Å². The van der Waals surface area contributed by atoms with Crippen LogP contribution in [0.15, 0.2) is 65.6 Å². The molecule has 0 saturated carbocycles. The maximum Gasteiger partial charge on any atom is 0.262 e. The van der Waals surface area contributed by atoms with E-state index in [1.54, 1.807) is 0 Å². The highest BCUT2D eigenvalue weighted by Gasteiger charge is 2.17. The van der Waals surface area contributed by atoms with Crippen LogP contribution in [0.1, 0.15) is 5.56 Å². The van der Waals surface area contributed by atoms with Gasteiger partial charge in [0.2, 0.25) is 0 Å². The zero-order valence-electron chi connectivity index (χ0n) is 13.9. The normalized spacial score (nSPS) is 11.4. The second-order valence-electron chi connectivity index (χ2n) is 5.76. The molecule has 0 fully saturated rings. The number of sulfonamides is 1. The van der Waals surface area contributed by atoms with Crippen LogP contribution in [-0.2, 0) is 16.6 Å². The molecular weight excluding hydrogens is 376 g/mol. The van der Waals surface area contributed by atoms with Crippen LogP contribution >= 0.6 is 0 Å². The van der Waals surface area contributed by atoms with Crippen molar-refractivity contribution in [1.29, 1.82) is 0 Å². The van der Waals surface area contributed by atoms with Gasteiger partial charge in [0.05, 0.1) is 17.2 Å². The third-order valence-electron chi connectivity index (χ3n) is 3.89. The number of phenols is 1. The molecule has 0 spiro atoms. The average Bonchev–Trinajstić information content (AvgIpc) is 2.63. The van der Waals surface area contributed by atoms with Crippen molar-refractivity contribution in [2.24, 2.45) is 0 Å². The number of aliphatic hydroxyl groups excluding tert-OH is 1. The van der Waals surface area contributed by atoms with Crippen molar-refractivity contribution in [3.63, 3.8) is 0 Å². The highest BCUT2D eigenvalue weighted by atomic mass is 32.2. The van der Waals surface area contributed by atoms with Gasteiger partial charge < -0.3 is 10.2 Å². The molecule has 0 aliphatic carbocycles. The lowest BCUT2D eigenvalue weighted by molar-refractivity contribution is 0.282. The molecule has 3 aromatic rings. The van der Waals surface area contributed by atoms with Gasteiger partial charge in [-0.15, -0.1) is 0 Å². The van der Waals surface area contributed by atoms with Crippen LogP contribution in [0.4, 0.5) is 14.5 Å². The Labute approximate surface area is 154 Å². The molecule has 27 heavy (non-hydrogen) atoms. The van der Waals surface area contributed by atoms with Crippen LogP contribution < -0.4 is 4.72 Å². The number of halogens is 2. The Hall–Kier alpha value is -2.97. The van der Waals surface area contributed by atoms with Crippen molar-refractivity contribution in [1.82, 2.24) is 0 Å². The van der Waals surface area contributed by atoms with Crippen LogP contribution in [0.3, 0.4) is 0 Å². The van der Waals surface area contributed by atoms with Gasteiger partial charge in [-0.1, -0.05) is 18.2 Å². The maximum absolute atomic E-state index is 13.9. The number of rotatable bonds is 5. The first-order valence-corrected chi connectivity index (χ1v) is 9.29. The van der Waals surface area contributed by atoms with Crippen LogP contribution in [0, 0.1) is 11.6 Å². The Morgan fingerprint density at radius 1 is 0.926 bits per heavy atom. The molecule has 3 aromatic carbocycles. The number of phenolic OH excluding ortho intramolecular Hbond substituents is 1. The molecule has 5 nitrogen and oxygen atoms in total. The number of benzene rings is 3. The SMILES string of the molecule is O=S(=O)(Nc1cc(CO)ccc1O)c1ccc(-c2ccc(F)cc2F)cc1. The van der Waals surface area contributed by atoms with Gasteiger partial charge in [0.1, 0.15) is 17.4 Å². The molecule has 0 aliphatic rings. The van der Waals surface area contributed by atoms with Crippen molar-refractivity contribution >= 4 is 15.7 Å². The van der Waals surface area contributed by atoms with Crippen molar-refractivity contribution in [3.8, 4) is 16.9 Å². The first-order chi connectivity index (χ1) is 12.8. The van der Waals surface area contributed by atoms with Crippen LogP contribution in [0.5, 0.6) is 5.75 Å². The second kappa shape index (κ2) is 7.34. The number of hydrogen-bond donors (Lipinski definition) is 3. The topological polar surface area (TPSA) is 86.6 Å². The molecule has 0 aliphatic heterocycles. The fourth-order valence-corrected chi connectivity index (χ4v) is 3.57. The Kier molecular flexibility index (Phi) is 5.11. The predicted octanol–water partition coefficient (Wildman–Crippen LogP) is 3.63. The Morgan fingerprint density at radius 2 is 1.63 bits per heavy atom. The molecule has 0 saturated heterocycles. The van der Waals surface area contributed by atoms with Gasteiger partial charge in [-0.2, -0.15) is 0 Å². The third-order valence-corrected chi connectivity index (χ3v) is 5.28. The summed E-state index contributed by atoms with van der Waals surface area (Å²) in [6.45, 7) is -0.313. The first-order valence-electron chi connectivity index (χ1n) is 7.81. The number of hydrogen-bond acceptors (Lipinski definition) is 4. The van der Waals surface area contributed by atoms with Gasteiger partial charge in [-0.3, -0.25) is 4.72 Å². The van der Waals surface area contributed by atoms with E-state index in [0.29, 0.717) is 11.1 Å². The van der Waals surface area contributed by atoms with Gasteiger partial charge in [0.15, 0.2) is 0 Å². The Balaban J connectivity index is 1.90. The fourth-order valence-electron chi connectivity index (χ4n) is 2.50. The standard InChI is InChI=1S/C19H15F2NO4S/c20-14-4-7-16(17(21)10-14)13-2-5-15(6-3-13)27(25,26)22-18-9-12(11-23)1-8-19(18)24/h1-10,22-24H,11H2. The molecule has 0 amide bonds. The van der Waals surface area contributed by atoms with E-state index in [1.165, 1.54) is 48.5 Å². The van der Waals surface area contributed by atoms with E-state index >= 15 is 0 Å². The summed E-state index contributed by atoms with van der Waals surface area (Å²) in [6.07, 6.45) is 0. The number of aliphatic hydroxyl groups is 1. The number of aromatic hydroxyl groups is 1. The summed E-state index contributed by atoms with van der Waals surface area (Å²) in [6, 6.07) is 12.5. The van der Waals surface area contributed by atoms with Crippen LogP contribution in [0.25, 0.3) is 11.1 Å². The summed E-state index contributed by atoms with van der Waals surface area (Å²) in [5.41, 5.74) is 0.876. The van der Waals surface area contributed by atoms with Gasteiger partial charge in [-0.25, -0.2) is 17.2 Å². The monoisotopic (exact) mass is 391 g/mol. The van der Waals surface area contributed by atoms with Crippen molar-refractivity contribution in [2.75, 3.05) is 4.72 Å². The molecule has 0 radical (unpaired) electrons. The summed E-state index contributed by atoms with van der Waals surface area (Å²) in [4.78, 5) is -0.109. The molecule has 0 heterocycles. The summed E-state index contributed by atoms with van der Waals surface area (Å²) >= 11 is 0. The molecule has 8 heteroatoms. The molecule has 0 bridgehead atoms. The fraction of sp³-hybridized carbons (Fsp3) is 0.0526. The quantitative estimate of drug-likeness (QED) is 0.580. The molecule has 0 atom stereocenters. The van der Waals surface area contributed by atoms with Crippen LogP contribution in [-0.4, -0.2) is 18.6 Å². The highest BCUT2D eigenvalue weighted by molar-refractivity contribution is 7.92. The molecule has 140 valence electrons. The Bertz CT molecular complexity index is 1080. The van der Waals surface area contributed by atoms with Gasteiger partial charge in [0.25, 0.3) is 10.0 Å². The summed E-state index contributed by atoms with van der Waals surface area (Å²) in [5.74, 6) is -1.75. The lowest BCUT2D eigenvalue weighted by Gasteiger charge is -2.11. The zero-order chi connectivity index (χ0) is 19.6. The van der Waals surface area contributed by atoms with E-state index in [-0.39, 0.29) is 28.5 Å². The smallest absolute Gasteiger partial charge is 0.262 e. The molecule has 3 rings (SSSR count). The molecule has 3 N–H and O–H groups in total. The lowest BCUT2D eigenvalue weighted by atomic mass is 10.1. The van der Waals surface area contributed by atoms with Crippen molar-refractivity contribution in [3.05, 3.63) is 77.9 Å². The zero-order valence-corrected chi connectivity index (χ0v) is 14.7. The number of anilines is 1. The van der Waals surface area contributed by atoms with E-state index in [9.17, 15) is 22.3 Å². The van der Waals surface area contributed by atoms with Gasteiger partial charge in [-0.05, 0) is 47.5 Å². The average molecular weight is 391 g/mol. The highest BCUT2D eigenvalue weighted by Crippen LogP contribution is 2.29. The minimum Gasteiger partial charge on any atom is -0.506 e. The lowest BCUT2D eigenvalue weighted by Crippen LogP contribution is -2.13.